The average Bonchev–Trinajstić information content (AvgIpc) is 2.27. The zero-order valence-electron chi connectivity index (χ0n) is 8.60. The molecule has 0 radical (unpaired) electrons. The minimum absolute atomic E-state index is 0.227. The highest BCUT2D eigenvalue weighted by molar-refractivity contribution is 7.99. The summed E-state index contributed by atoms with van der Waals surface area (Å²) in [5, 5.41) is 3.03. The molecular weight excluding hydrogens is 235 g/mol. The van der Waals surface area contributed by atoms with Crippen LogP contribution in [0.15, 0.2) is 12.1 Å². The van der Waals surface area contributed by atoms with Crippen molar-refractivity contribution in [2.45, 2.75) is 18.9 Å². The normalized spacial score (nSPS) is 17.4. The van der Waals surface area contributed by atoms with Gasteiger partial charge >= 0.3 is 0 Å². The Morgan fingerprint density at radius 3 is 2.19 bits per heavy atom. The van der Waals surface area contributed by atoms with E-state index >= 15 is 0 Å². The van der Waals surface area contributed by atoms with Crippen LogP contribution in [-0.4, -0.2) is 17.5 Å². The van der Waals surface area contributed by atoms with Gasteiger partial charge in [0.1, 0.15) is 0 Å². The SMILES string of the molecule is Fc1cc(NC2CCSCC2)cc(F)c1F. The molecule has 1 aromatic rings. The van der Waals surface area contributed by atoms with Crippen LogP contribution in [0, 0.1) is 17.5 Å². The van der Waals surface area contributed by atoms with Gasteiger partial charge in [0.2, 0.25) is 0 Å². The molecule has 1 N–H and O–H groups in total. The van der Waals surface area contributed by atoms with Gasteiger partial charge in [-0.1, -0.05) is 0 Å². The smallest absolute Gasteiger partial charge is 0.194 e. The number of nitrogens with one attached hydrogen (secondary N) is 1. The summed E-state index contributed by atoms with van der Waals surface area (Å²) in [4.78, 5) is 0. The predicted octanol–water partition coefficient (Wildman–Crippen LogP) is 3.41. The third kappa shape index (κ3) is 2.64. The van der Waals surface area contributed by atoms with Crippen LogP contribution in [0.3, 0.4) is 0 Å². The van der Waals surface area contributed by atoms with Gasteiger partial charge in [-0.3, -0.25) is 0 Å². The Bertz CT molecular complexity index is 354. The summed E-state index contributed by atoms with van der Waals surface area (Å²) in [6.07, 6.45) is 1.93. The van der Waals surface area contributed by atoms with E-state index in [9.17, 15) is 13.2 Å². The lowest BCUT2D eigenvalue weighted by molar-refractivity contribution is 0.447. The molecule has 1 aliphatic rings. The minimum Gasteiger partial charge on any atom is -0.382 e. The van der Waals surface area contributed by atoms with E-state index in [1.165, 1.54) is 0 Å². The number of halogens is 3. The Morgan fingerprint density at radius 2 is 1.62 bits per heavy atom. The summed E-state index contributed by atoms with van der Waals surface area (Å²) in [5.74, 6) is -1.61. The first kappa shape index (κ1) is 11.6. The van der Waals surface area contributed by atoms with Gasteiger partial charge in [0.25, 0.3) is 0 Å². The molecule has 0 saturated carbocycles. The Kier molecular flexibility index (Phi) is 3.63. The molecule has 0 aliphatic carbocycles. The number of hydrogen-bond acceptors (Lipinski definition) is 2. The lowest BCUT2D eigenvalue weighted by atomic mass is 10.1. The molecule has 0 unspecified atom stereocenters. The van der Waals surface area contributed by atoms with Crippen LogP contribution in [0.2, 0.25) is 0 Å². The standard InChI is InChI=1S/C11H12F3NS/c12-9-5-8(6-10(13)11(9)14)15-7-1-3-16-4-2-7/h5-7,15H,1-4H2. The van der Waals surface area contributed by atoms with Gasteiger partial charge in [-0.2, -0.15) is 11.8 Å². The number of anilines is 1. The molecule has 16 heavy (non-hydrogen) atoms. The van der Waals surface area contributed by atoms with Crippen molar-refractivity contribution in [2.24, 2.45) is 0 Å². The largest absolute Gasteiger partial charge is 0.382 e. The Hall–Kier alpha value is -0.840. The molecular formula is C11H12F3NS. The Morgan fingerprint density at radius 1 is 1.06 bits per heavy atom. The zero-order valence-corrected chi connectivity index (χ0v) is 9.42. The molecule has 2 rings (SSSR count). The second kappa shape index (κ2) is 4.99. The quantitative estimate of drug-likeness (QED) is 0.804. The molecule has 1 heterocycles. The van der Waals surface area contributed by atoms with Gasteiger partial charge in [0, 0.05) is 23.9 Å². The molecule has 1 aliphatic heterocycles. The van der Waals surface area contributed by atoms with Crippen LogP contribution in [-0.2, 0) is 0 Å². The first-order valence-electron chi connectivity index (χ1n) is 5.15. The molecule has 0 amide bonds. The molecule has 1 saturated heterocycles. The first-order chi connectivity index (χ1) is 7.66. The molecule has 0 atom stereocenters. The minimum atomic E-state index is -1.41. The lowest BCUT2D eigenvalue weighted by Crippen LogP contribution is -2.24. The van der Waals surface area contributed by atoms with Crippen molar-refractivity contribution in [1.82, 2.24) is 0 Å². The van der Waals surface area contributed by atoms with E-state index in [4.69, 9.17) is 0 Å². The van der Waals surface area contributed by atoms with Crippen LogP contribution in [0.1, 0.15) is 12.8 Å². The van der Waals surface area contributed by atoms with Crippen LogP contribution in [0.25, 0.3) is 0 Å². The molecule has 0 spiro atoms. The second-order valence-electron chi connectivity index (χ2n) is 3.78. The van der Waals surface area contributed by atoms with Gasteiger partial charge in [-0.05, 0) is 24.3 Å². The maximum atomic E-state index is 12.9. The molecule has 5 heteroatoms. The first-order valence-corrected chi connectivity index (χ1v) is 6.31. The molecule has 1 aromatic carbocycles. The number of benzene rings is 1. The highest BCUT2D eigenvalue weighted by atomic mass is 32.2. The molecule has 1 fully saturated rings. The van der Waals surface area contributed by atoms with Crippen LogP contribution >= 0.6 is 11.8 Å². The molecule has 88 valence electrons. The van der Waals surface area contributed by atoms with E-state index < -0.39 is 17.5 Å². The second-order valence-corrected chi connectivity index (χ2v) is 5.01. The van der Waals surface area contributed by atoms with Crippen molar-refractivity contribution in [1.29, 1.82) is 0 Å². The fraction of sp³-hybridized carbons (Fsp3) is 0.455. The van der Waals surface area contributed by atoms with Crippen LogP contribution in [0.5, 0.6) is 0 Å². The highest BCUT2D eigenvalue weighted by Gasteiger charge is 2.16. The van der Waals surface area contributed by atoms with Crippen molar-refractivity contribution < 1.29 is 13.2 Å². The maximum absolute atomic E-state index is 12.9. The van der Waals surface area contributed by atoms with Gasteiger partial charge < -0.3 is 5.32 Å². The summed E-state index contributed by atoms with van der Waals surface area (Å²) in [6, 6.07) is 2.23. The van der Waals surface area contributed by atoms with Crippen LogP contribution < -0.4 is 5.32 Å². The number of thioether (sulfide) groups is 1. The van der Waals surface area contributed by atoms with E-state index in [-0.39, 0.29) is 6.04 Å². The average molecular weight is 247 g/mol. The monoisotopic (exact) mass is 247 g/mol. The summed E-state index contributed by atoms with van der Waals surface area (Å²) in [6.45, 7) is 0. The highest BCUT2D eigenvalue weighted by Crippen LogP contribution is 2.23. The van der Waals surface area contributed by atoms with Gasteiger partial charge in [0.05, 0.1) is 0 Å². The third-order valence-electron chi connectivity index (χ3n) is 2.58. The van der Waals surface area contributed by atoms with Crippen molar-refractivity contribution in [3.63, 3.8) is 0 Å². The van der Waals surface area contributed by atoms with E-state index in [1.807, 2.05) is 11.8 Å². The molecule has 0 bridgehead atoms. The zero-order chi connectivity index (χ0) is 11.5. The van der Waals surface area contributed by atoms with E-state index in [2.05, 4.69) is 5.32 Å². The number of rotatable bonds is 2. The topological polar surface area (TPSA) is 12.0 Å². The molecule has 0 aromatic heterocycles. The Labute approximate surface area is 96.4 Å². The van der Waals surface area contributed by atoms with Gasteiger partial charge in [0.15, 0.2) is 17.5 Å². The third-order valence-corrected chi connectivity index (χ3v) is 3.62. The van der Waals surface area contributed by atoms with Gasteiger partial charge in [-0.25, -0.2) is 13.2 Å². The van der Waals surface area contributed by atoms with Gasteiger partial charge in [-0.15, -0.1) is 0 Å². The predicted molar refractivity (Wildman–Crippen MR) is 60.3 cm³/mol. The van der Waals surface area contributed by atoms with Crippen molar-refractivity contribution in [3.8, 4) is 0 Å². The summed E-state index contributed by atoms with van der Waals surface area (Å²) < 4.78 is 38.6. The lowest BCUT2D eigenvalue weighted by Gasteiger charge is -2.23. The summed E-state index contributed by atoms with van der Waals surface area (Å²) >= 11 is 1.87. The fourth-order valence-electron chi connectivity index (χ4n) is 1.72. The number of hydrogen-bond donors (Lipinski definition) is 1. The van der Waals surface area contributed by atoms with Crippen molar-refractivity contribution in [3.05, 3.63) is 29.6 Å². The van der Waals surface area contributed by atoms with Crippen LogP contribution in [0.4, 0.5) is 18.9 Å². The Balaban J connectivity index is 2.09. The van der Waals surface area contributed by atoms with Crippen molar-refractivity contribution in [2.75, 3.05) is 16.8 Å². The van der Waals surface area contributed by atoms with E-state index in [1.54, 1.807) is 0 Å². The molecule has 1 nitrogen and oxygen atoms in total. The summed E-state index contributed by atoms with van der Waals surface area (Å²) in [5.41, 5.74) is 0.313. The fourth-order valence-corrected chi connectivity index (χ4v) is 2.82. The van der Waals surface area contributed by atoms with Crippen molar-refractivity contribution >= 4 is 17.4 Å². The van der Waals surface area contributed by atoms with E-state index in [0.29, 0.717) is 5.69 Å². The maximum Gasteiger partial charge on any atom is 0.194 e. The van der Waals surface area contributed by atoms with E-state index in [0.717, 1.165) is 36.5 Å². The summed E-state index contributed by atoms with van der Waals surface area (Å²) in [7, 11) is 0.